The Hall–Kier alpha value is -1.83. The molecule has 128 valence electrons. The number of aromatic nitrogens is 4. The molecule has 0 unspecified atom stereocenters. The Kier molecular flexibility index (Phi) is 4.10. The van der Waals surface area contributed by atoms with Gasteiger partial charge in [-0.3, -0.25) is 4.79 Å². The lowest BCUT2D eigenvalue weighted by atomic mass is 10.2. The van der Waals surface area contributed by atoms with Crippen molar-refractivity contribution in [2.45, 2.75) is 31.2 Å². The lowest BCUT2D eigenvalue weighted by molar-refractivity contribution is 0.916. The number of halogens is 1. The summed E-state index contributed by atoms with van der Waals surface area (Å²) in [6.45, 7) is 5.98. The SMILES string of the molecule is Cc1sc2nc([C@H](C)Sc3nc4ccc(Cl)cc4[nH]3)[nH]c(=O)c2c1C. The van der Waals surface area contributed by atoms with Gasteiger partial charge in [-0.1, -0.05) is 23.4 Å². The van der Waals surface area contributed by atoms with E-state index < -0.39 is 0 Å². The molecule has 1 atom stereocenters. The smallest absolute Gasteiger partial charge is 0.259 e. The molecule has 25 heavy (non-hydrogen) atoms. The average molecular weight is 391 g/mol. The van der Waals surface area contributed by atoms with Gasteiger partial charge in [0.2, 0.25) is 0 Å². The van der Waals surface area contributed by atoms with E-state index in [4.69, 9.17) is 11.6 Å². The highest BCUT2D eigenvalue weighted by Crippen LogP contribution is 2.34. The molecule has 0 spiro atoms. The van der Waals surface area contributed by atoms with E-state index in [1.165, 1.54) is 11.8 Å². The van der Waals surface area contributed by atoms with E-state index in [9.17, 15) is 4.79 Å². The van der Waals surface area contributed by atoms with Crippen LogP contribution in [0.5, 0.6) is 0 Å². The van der Waals surface area contributed by atoms with Crippen LogP contribution in [0.2, 0.25) is 5.02 Å². The molecule has 0 aliphatic heterocycles. The summed E-state index contributed by atoms with van der Waals surface area (Å²) in [4.78, 5) is 29.7. The Morgan fingerprint density at radius 3 is 2.84 bits per heavy atom. The van der Waals surface area contributed by atoms with Crippen molar-refractivity contribution in [3.8, 4) is 0 Å². The first-order valence-electron chi connectivity index (χ1n) is 7.74. The Morgan fingerprint density at radius 1 is 1.24 bits per heavy atom. The average Bonchev–Trinajstić information content (AvgIpc) is 3.07. The number of imidazole rings is 1. The van der Waals surface area contributed by atoms with Gasteiger partial charge in [-0.05, 0) is 44.5 Å². The zero-order chi connectivity index (χ0) is 17.7. The zero-order valence-electron chi connectivity index (χ0n) is 13.8. The number of hydrogen-bond donors (Lipinski definition) is 2. The number of hydrogen-bond acceptors (Lipinski definition) is 5. The Bertz CT molecular complexity index is 1160. The predicted octanol–water partition coefficient (Wildman–Crippen LogP) is 4.98. The third-order valence-corrected chi connectivity index (χ3v) is 6.48. The normalized spacial score (nSPS) is 13.0. The maximum Gasteiger partial charge on any atom is 0.259 e. The first kappa shape index (κ1) is 16.6. The fourth-order valence-corrected chi connectivity index (χ4v) is 4.79. The number of rotatable bonds is 3. The number of aryl methyl sites for hydroxylation is 2. The summed E-state index contributed by atoms with van der Waals surface area (Å²) in [7, 11) is 0. The van der Waals surface area contributed by atoms with Crippen LogP contribution in [0, 0.1) is 13.8 Å². The van der Waals surface area contributed by atoms with E-state index in [1.807, 2.05) is 39.0 Å². The predicted molar refractivity (Wildman–Crippen MR) is 105 cm³/mol. The molecule has 3 heterocycles. The lowest BCUT2D eigenvalue weighted by Gasteiger charge is -2.08. The molecule has 3 aromatic heterocycles. The van der Waals surface area contributed by atoms with Crippen molar-refractivity contribution in [2.75, 3.05) is 0 Å². The molecule has 0 saturated heterocycles. The van der Waals surface area contributed by atoms with Crippen LogP contribution in [0.25, 0.3) is 21.3 Å². The Labute approximate surface area is 156 Å². The summed E-state index contributed by atoms with van der Waals surface area (Å²) >= 11 is 9.09. The maximum atomic E-state index is 12.4. The summed E-state index contributed by atoms with van der Waals surface area (Å²) in [5, 5.41) is 2.09. The first-order valence-corrected chi connectivity index (χ1v) is 9.81. The second-order valence-electron chi connectivity index (χ2n) is 5.88. The quantitative estimate of drug-likeness (QED) is 0.483. The van der Waals surface area contributed by atoms with Crippen molar-refractivity contribution >= 4 is 55.9 Å². The molecule has 0 saturated carbocycles. The number of benzene rings is 1. The van der Waals surface area contributed by atoms with Crippen LogP contribution in [0.4, 0.5) is 0 Å². The van der Waals surface area contributed by atoms with Crippen molar-refractivity contribution in [3.63, 3.8) is 0 Å². The Morgan fingerprint density at radius 2 is 2.04 bits per heavy atom. The van der Waals surface area contributed by atoms with Gasteiger partial charge in [-0.15, -0.1) is 11.3 Å². The van der Waals surface area contributed by atoms with Crippen LogP contribution < -0.4 is 5.56 Å². The minimum Gasteiger partial charge on any atom is -0.333 e. The molecular weight excluding hydrogens is 376 g/mol. The monoisotopic (exact) mass is 390 g/mol. The van der Waals surface area contributed by atoms with Crippen molar-refractivity contribution in [1.82, 2.24) is 19.9 Å². The molecular formula is C17H15ClN4OS2. The molecule has 5 nitrogen and oxygen atoms in total. The highest BCUT2D eigenvalue weighted by Gasteiger charge is 2.17. The molecule has 0 amide bonds. The van der Waals surface area contributed by atoms with E-state index in [0.717, 1.165) is 31.5 Å². The van der Waals surface area contributed by atoms with Crippen LogP contribution in [-0.2, 0) is 0 Å². The lowest BCUT2D eigenvalue weighted by Crippen LogP contribution is -2.12. The van der Waals surface area contributed by atoms with Crippen LogP contribution in [0.3, 0.4) is 0 Å². The topological polar surface area (TPSA) is 74.4 Å². The molecule has 2 N–H and O–H groups in total. The van der Waals surface area contributed by atoms with E-state index in [1.54, 1.807) is 11.3 Å². The number of fused-ring (bicyclic) bond motifs is 2. The van der Waals surface area contributed by atoms with Crippen molar-refractivity contribution in [1.29, 1.82) is 0 Å². The van der Waals surface area contributed by atoms with E-state index in [2.05, 4.69) is 19.9 Å². The molecule has 1 aromatic carbocycles. The van der Waals surface area contributed by atoms with Crippen LogP contribution in [-0.4, -0.2) is 19.9 Å². The molecule has 0 bridgehead atoms. The molecule has 8 heteroatoms. The van der Waals surface area contributed by atoms with Gasteiger partial charge in [0.05, 0.1) is 21.7 Å². The van der Waals surface area contributed by atoms with Crippen molar-refractivity contribution in [3.05, 3.63) is 49.8 Å². The Balaban J connectivity index is 1.69. The van der Waals surface area contributed by atoms with Gasteiger partial charge in [0.25, 0.3) is 5.56 Å². The number of H-pyrrole nitrogens is 2. The number of thioether (sulfide) groups is 1. The van der Waals surface area contributed by atoms with Gasteiger partial charge in [0.1, 0.15) is 10.7 Å². The molecule has 4 aromatic rings. The third-order valence-electron chi connectivity index (χ3n) is 4.15. The van der Waals surface area contributed by atoms with E-state index in [0.29, 0.717) is 16.2 Å². The molecule has 0 aliphatic rings. The largest absolute Gasteiger partial charge is 0.333 e. The fraction of sp³-hybridized carbons (Fsp3) is 0.235. The minimum absolute atomic E-state index is 0.0455. The summed E-state index contributed by atoms with van der Waals surface area (Å²) in [6, 6.07) is 5.55. The fourth-order valence-electron chi connectivity index (χ4n) is 2.70. The van der Waals surface area contributed by atoms with Crippen molar-refractivity contribution < 1.29 is 0 Å². The summed E-state index contributed by atoms with van der Waals surface area (Å²) in [6.07, 6.45) is 0. The maximum absolute atomic E-state index is 12.4. The first-order chi connectivity index (χ1) is 11.9. The highest BCUT2D eigenvalue weighted by atomic mass is 35.5. The highest BCUT2D eigenvalue weighted by molar-refractivity contribution is 7.99. The number of thiophene rings is 1. The minimum atomic E-state index is -0.0781. The zero-order valence-corrected chi connectivity index (χ0v) is 16.2. The second-order valence-corrected chi connectivity index (χ2v) is 8.85. The van der Waals surface area contributed by atoms with Crippen LogP contribution in [0.15, 0.2) is 28.2 Å². The van der Waals surface area contributed by atoms with E-state index in [-0.39, 0.29) is 10.8 Å². The van der Waals surface area contributed by atoms with Gasteiger partial charge < -0.3 is 9.97 Å². The number of nitrogens with zero attached hydrogens (tertiary/aromatic N) is 2. The van der Waals surface area contributed by atoms with E-state index >= 15 is 0 Å². The molecule has 4 rings (SSSR count). The second kappa shape index (κ2) is 6.16. The summed E-state index contributed by atoms with van der Waals surface area (Å²) in [5.41, 5.74) is 2.68. The standard InChI is InChI=1S/C17H15ClN4OS2/c1-7-8(2)24-16-13(7)15(23)21-14(22-16)9(3)25-17-19-11-5-4-10(18)6-12(11)20-17/h4-6,9H,1-3H3,(H,19,20)(H,21,22,23)/t9-/m0/s1. The van der Waals surface area contributed by atoms with Gasteiger partial charge in [0, 0.05) is 9.90 Å². The molecule has 0 fully saturated rings. The number of aromatic amines is 2. The van der Waals surface area contributed by atoms with Crippen LogP contribution >= 0.6 is 34.7 Å². The van der Waals surface area contributed by atoms with Gasteiger partial charge >= 0.3 is 0 Å². The van der Waals surface area contributed by atoms with Gasteiger partial charge in [0.15, 0.2) is 5.16 Å². The molecule has 0 aliphatic carbocycles. The van der Waals surface area contributed by atoms with Gasteiger partial charge in [-0.2, -0.15) is 0 Å². The number of nitrogens with one attached hydrogen (secondary N) is 2. The van der Waals surface area contributed by atoms with Gasteiger partial charge in [-0.25, -0.2) is 9.97 Å². The van der Waals surface area contributed by atoms with Crippen LogP contribution in [0.1, 0.15) is 28.4 Å². The van der Waals surface area contributed by atoms with Crippen molar-refractivity contribution in [2.24, 2.45) is 0 Å². The summed E-state index contributed by atoms with van der Waals surface area (Å²) < 4.78 is 0. The summed E-state index contributed by atoms with van der Waals surface area (Å²) in [5.74, 6) is 0.655. The third kappa shape index (κ3) is 2.96. The molecule has 0 radical (unpaired) electrons.